The summed E-state index contributed by atoms with van der Waals surface area (Å²) in [6.45, 7) is 5.25. The van der Waals surface area contributed by atoms with Crippen LogP contribution >= 0.6 is 0 Å². The van der Waals surface area contributed by atoms with Crippen LogP contribution < -0.4 is 0 Å². The number of amides is 1. The van der Waals surface area contributed by atoms with E-state index < -0.39 is 0 Å². The number of nitrogens with zero attached hydrogens (tertiary/aromatic N) is 1. The Morgan fingerprint density at radius 3 is 2.45 bits per heavy atom. The minimum absolute atomic E-state index is 0.128. The van der Waals surface area contributed by atoms with Crippen molar-refractivity contribution in [2.24, 2.45) is 5.41 Å². The van der Waals surface area contributed by atoms with E-state index in [-0.39, 0.29) is 5.41 Å². The fourth-order valence-corrected chi connectivity index (χ4v) is 1.42. The zero-order valence-electron chi connectivity index (χ0n) is 6.80. The van der Waals surface area contributed by atoms with Crippen molar-refractivity contribution in [3.05, 3.63) is 0 Å². The van der Waals surface area contributed by atoms with Crippen LogP contribution in [0.4, 0.5) is 0 Å². The van der Waals surface area contributed by atoms with Gasteiger partial charge in [0.1, 0.15) is 0 Å². The minimum atomic E-state index is -0.128. The summed E-state index contributed by atoms with van der Waals surface area (Å²) in [4.78, 5) is 13.5. The molecular weight excluding hydrogens is 142 g/mol. The minimum Gasteiger partial charge on any atom is -0.379 e. The van der Waals surface area contributed by atoms with Gasteiger partial charge in [0.25, 0.3) is 0 Å². The Labute approximate surface area is 66.3 Å². The highest BCUT2D eigenvalue weighted by atomic mass is 16.5. The van der Waals surface area contributed by atoms with Crippen molar-refractivity contribution in [1.29, 1.82) is 0 Å². The quantitative estimate of drug-likeness (QED) is 0.535. The van der Waals surface area contributed by atoms with Gasteiger partial charge in [0, 0.05) is 13.1 Å². The number of hydrogen-bond donors (Lipinski definition) is 0. The molecule has 0 aromatic carbocycles. The molecule has 0 radical (unpaired) electrons. The van der Waals surface area contributed by atoms with E-state index in [4.69, 9.17) is 4.74 Å². The second-order valence-electron chi connectivity index (χ2n) is 3.42. The maximum atomic E-state index is 11.6. The Kier molecular flexibility index (Phi) is 1.42. The highest BCUT2D eigenvalue weighted by molar-refractivity contribution is 5.85. The van der Waals surface area contributed by atoms with Gasteiger partial charge in [0.05, 0.1) is 18.6 Å². The molecule has 0 bridgehead atoms. The number of rotatable bonds is 2. The molecule has 2 aliphatic heterocycles. The average molecular weight is 155 g/mol. The highest BCUT2D eigenvalue weighted by Crippen LogP contribution is 2.34. The highest BCUT2D eigenvalue weighted by Gasteiger charge is 2.48. The van der Waals surface area contributed by atoms with E-state index in [1.54, 1.807) is 0 Å². The van der Waals surface area contributed by atoms with E-state index in [0.717, 1.165) is 19.5 Å². The molecule has 2 saturated heterocycles. The summed E-state index contributed by atoms with van der Waals surface area (Å²) < 4.78 is 5.08. The van der Waals surface area contributed by atoms with E-state index in [1.165, 1.54) is 0 Å². The van der Waals surface area contributed by atoms with Gasteiger partial charge < -0.3 is 9.64 Å². The van der Waals surface area contributed by atoms with Crippen LogP contribution in [0.3, 0.4) is 0 Å². The molecule has 62 valence electrons. The summed E-state index contributed by atoms with van der Waals surface area (Å²) in [7, 11) is 0. The summed E-state index contributed by atoms with van der Waals surface area (Å²) in [5, 5.41) is 0. The van der Waals surface area contributed by atoms with Gasteiger partial charge in [0.2, 0.25) is 5.91 Å². The molecule has 0 aliphatic carbocycles. The summed E-state index contributed by atoms with van der Waals surface area (Å²) in [6.07, 6.45) is 0.919. The largest absolute Gasteiger partial charge is 0.379 e. The molecule has 2 aliphatic rings. The van der Waals surface area contributed by atoms with Gasteiger partial charge in [-0.15, -0.1) is 0 Å². The predicted octanol–water partition coefficient (Wildman–Crippen LogP) is 0.255. The summed E-state index contributed by atoms with van der Waals surface area (Å²) >= 11 is 0. The number of hydrogen-bond acceptors (Lipinski definition) is 2. The number of carbonyl (C=O) groups excluding carboxylic acids is 1. The molecule has 0 atom stereocenters. The Morgan fingerprint density at radius 1 is 1.55 bits per heavy atom. The van der Waals surface area contributed by atoms with E-state index in [9.17, 15) is 4.79 Å². The number of ether oxygens (including phenoxy) is 1. The lowest BCUT2D eigenvalue weighted by molar-refractivity contribution is -0.167. The van der Waals surface area contributed by atoms with Gasteiger partial charge in [-0.05, 0) is 6.42 Å². The SMILES string of the molecule is CCC1(C(=O)N2CC2)COC1. The standard InChI is InChI=1S/C8H13NO2/c1-2-8(5-11-6-8)7(10)9-3-4-9/h2-6H2,1H3. The third-order valence-electron chi connectivity index (χ3n) is 2.62. The first-order valence-electron chi connectivity index (χ1n) is 4.16. The Balaban J connectivity index is 2.04. The van der Waals surface area contributed by atoms with Gasteiger partial charge >= 0.3 is 0 Å². The zero-order valence-corrected chi connectivity index (χ0v) is 6.80. The van der Waals surface area contributed by atoms with E-state index >= 15 is 0 Å². The fraction of sp³-hybridized carbons (Fsp3) is 0.875. The van der Waals surface area contributed by atoms with Crippen LogP contribution in [0.15, 0.2) is 0 Å². The molecule has 11 heavy (non-hydrogen) atoms. The van der Waals surface area contributed by atoms with Crippen molar-refractivity contribution in [3.63, 3.8) is 0 Å². The lowest BCUT2D eigenvalue weighted by Crippen LogP contribution is -2.51. The van der Waals surface area contributed by atoms with Gasteiger partial charge in [-0.3, -0.25) is 4.79 Å². The van der Waals surface area contributed by atoms with Crippen LogP contribution in [0.25, 0.3) is 0 Å². The third-order valence-corrected chi connectivity index (χ3v) is 2.62. The number of carbonyl (C=O) groups is 1. The Morgan fingerprint density at radius 2 is 2.18 bits per heavy atom. The first-order chi connectivity index (χ1) is 5.28. The molecule has 0 N–H and O–H groups in total. The van der Waals surface area contributed by atoms with Crippen LogP contribution in [0.1, 0.15) is 13.3 Å². The van der Waals surface area contributed by atoms with Crippen LogP contribution in [-0.2, 0) is 9.53 Å². The molecule has 0 spiro atoms. The fourth-order valence-electron chi connectivity index (χ4n) is 1.42. The molecule has 3 nitrogen and oxygen atoms in total. The lowest BCUT2D eigenvalue weighted by atomic mass is 9.82. The molecule has 2 rings (SSSR count). The van der Waals surface area contributed by atoms with Crippen molar-refractivity contribution in [2.45, 2.75) is 13.3 Å². The molecule has 1 amide bonds. The molecule has 0 aromatic heterocycles. The summed E-state index contributed by atoms with van der Waals surface area (Å²) in [5.74, 6) is 0.311. The van der Waals surface area contributed by atoms with Crippen molar-refractivity contribution < 1.29 is 9.53 Å². The Hall–Kier alpha value is -0.570. The summed E-state index contributed by atoms with van der Waals surface area (Å²) in [6, 6.07) is 0. The van der Waals surface area contributed by atoms with Crippen molar-refractivity contribution in [2.75, 3.05) is 26.3 Å². The van der Waals surface area contributed by atoms with Gasteiger partial charge in [0.15, 0.2) is 0 Å². The van der Waals surface area contributed by atoms with Crippen LogP contribution in [0.2, 0.25) is 0 Å². The van der Waals surface area contributed by atoms with Gasteiger partial charge in [-0.25, -0.2) is 0 Å². The van der Waals surface area contributed by atoms with Crippen molar-refractivity contribution in [3.8, 4) is 0 Å². The maximum absolute atomic E-state index is 11.6. The first kappa shape index (κ1) is 7.10. The smallest absolute Gasteiger partial charge is 0.233 e. The molecule has 2 fully saturated rings. The molecule has 0 aromatic rings. The van der Waals surface area contributed by atoms with Crippen LogP contribution in [-0.4, -0.2) is 37.1 Å². The molecular formula is C8H13NO2. The summed E-state index contributed by atoms with van der Waals surface area (Å²) in [5.41, 5.74) is -0.128. The van der Waals surface area contributed by atoms with Crippen LogP contribution in [0.5, 0.6) is 0 Å². The molecule has 0 unspecified atom stereocenters. The molecule has 2 heterocycles. The Bertz CT molecular complexity index is 177. The topological polar surface area (TPSA) is 29.3 Å². The predicted molar refractivity (Wildman–Crippen MR) is 40.1 cm³/mol. The zero-order chi connectivity index (χ0) is 7.90. The lowest BCUT2D eigenvalue weighted by Gasteiger charge is -2.39. The third kappa shape index (κ3) is 0.948. The van der Waals surface area contributed by atoms with Gasteiger partial charge in [-0.1, -0.05) is 6.92 Å². The van der Waals surface area contributed by atoms with Crippen molar-refractivity contribution >= 4 is 5.91 Å². The average Bonchev–Trinajstić information content (AvgIpc) is 2.66. The van der Waals surface area contributed by atoms with E-state index in [1.807, 2.05) is 4.90 Å². The van der Waals surface area contributed by atoms with E-state index in [2.05, 4.69) is 6.92 Å². The van der Waals surface area contributed by atoms with Gasteiger partial charge in [-0.2, -0.15) is 0 Å². The first-order valence-corrected chi connectivity index (χ1v) is 4.16. The second kappa shape index (κ2) is 2.21. The van der Waals surface area contributed by atoms with Crippen molar-refractivity contribution in [1.82, 2.24) is 4.90 Å². The molecule has 3 heteroatoms. The molecule has 0 saturated carbocycles. The maximum Gasteiger partial charge on any atom is 0.233 e. The van der Waals surface area contributed by atoms with Crippen LogP contribution in [0, 0.1) is 5.41 Å². The normalized spacial score (nSPS) is 26.1. The van der Waals surface area contributed by atoms with E-state index in [0.29, 0.717) is 19.1 Å². The second-order valence-corrected chi connectivity index (χ2v) is 3.42. The monoisotopic (exact) mass is 155 g/mol.